The van der Waals surface area contributed by atoms with Gasteiger partial charge in [-0.15, -0.1) is 0 Å². The highest BCUT2D eigenvalue weighted by molar-refractivity contribution is 6.52. The fourth-order valence-electron chi connectivity index (χ4n) is 10.9. The predicted molar refractivity (Wildman–Crippen MR) is 316 cm³/mol. The van der Waals surface area contributed by atoms with Crippen molar-refractivity contribution in [2.75, 3.05) is 32.1 Å². The molecule has 26 nitrogen and oxygen atoms in total. The second kappa shape index (κ2) is 31.4. The molecule has 6 amide bonds. The lowest BCUT2D eigenvalue weighted by Crippen LogP contribution is -2.56. The smallest absolute Gasteiger partial charge is 0.407 e. The van der Waals surface area contributed by atoms with Crippen LogP contribution in [0.5, 0.6) is 17.2 Å². The van der Waals surface area contributed by atoms with E-state index >= 15 is 0 Å². The number of fused-ring (bicyclic) bond motifs is 3. The summed E-state index contributed by atoms with van der Waals surface area (Å²) in [5.74, 6) is -7.99. The summed E-state index contributed by atoms with van der Waals surface area (Å²) in [4.78, 5) is 128. The Morgan fingerprint density at radius 1 is 0.822 bits per heavy atom. The molecule has 12 N–H and O–H groups in total. The third-order valence-electron chi connectivity index (χ3n) is 15.6. The van der Waals surface area contributed by atoms with Gasteiger partial charge in [-0.2, -0.15) is 0 Å². The van der Waals surface area contributed by atoms with Gasteiger partial charge in [-0.1, -0.05) is 84.2 Å². The van der Waals surface area contributed by atoms with Crippen LogP contribution in [0, 0.1) is 0 Å². The fourth-order valence-corrected chi connectivity index (χ4v) is 10.9. The van der Waals surface area contributed by atoms with Crippen molar-refractivity contribution in [3.05, 3.63) is 129 Å². The molecular weight excluding hydrogens is 1220 g/mol. The summed E-state index contributed by atoms with van der Waals surface area (Å²) in [6.07, 6.45) is -2.14. The van der Waals surface area contributed by atoms with Crippen molar-refractivity contribution in [3.8, 4) is 17.2 Å². The summed E-state index contributed by atoms with van der Waals surface area (Å²) >= 11 is 9.43. The van der Waals surface area contributed by atoms with Crippen LogP contribution in [0.25, 0.3) is 0 Å². The first-order valence-electron chi connectivity index (χ1n) is 28.9. The van der Waals surface area contributed by atoms with Crippen LogP contribution in [-0.2, 0) is 67.2 Å². The number of carbonyl (C=O) groups is 10. The molecular formula is C62H70Cl2N6O20. The number of carboxylic acid groups (broad SMARTS) is 1. The Labute approximate surface area is 526 Å². The molecule has 4 aliphatic rings. The van der Waals surface area contributed by atoms with Crippen LogP contribution in [-0.4, -0.2) is 163 Å². The first-order valence-corrected chi connectivity index (χ1v) is 29.8. The number of nitrogens with zero attached hydrogens (tertiary/aromatic N) is 1. The molecule has 2 aliphatic heterocycles. The minimum atomic E-state index is -2.41. The van der Waals surface area contributed by atoms with E-state index in [1.807, 2.05) is 30.3 Å². The second-order valence-electron chi connectivity index (χ2n) is 21.8. The molecule has 482 valence electrons. The number of anilines is 1. The third-order valence-corrected chi connectivity index (χ3v) is 15.9. The van der Waals surface area contributed by atoms with Gasteiger partial charge in [0.05, 0.1) is 54.6 Å². The molecule has 2 heterocycles. The average molecular weight is 1290 g/mol. The number of amides is 6. The lowest BCUT2D eigenvalue weighted by atomic mass is 9.72. The lowest BCUT2D eigenvalue weighted by molar-refractivity contribution is -0.368. The number of unbranched alkanes of at least 4 members (excludes halogenated alkanes) is 3. The van der Waals surface area contributed by atoms with Gasteiger partial charge in [0.15, 0.2) is 17.9 Å². The van der Waals surface area contributed by atoms with Crippen molar-refractivity contribution in [1.82, 2.24) is 20.9 Å². The standard InChI is InChI=1S/C60H68N6O18.C2H2Cl2O2/c1-32-52(72)39(27-47(83-32)84-42-29-60(80,43(68)30-67)28-37-49(42)56(76)51-50(54(37)74)53(73)36-14-11-16-41(81-2)48(36)55(51)75)65-59(79)82-31-34-18-20-35(21-19-34)62-57(77)38(15-8-9-24-61)64-58(78)40(26-33-12-5-3-6-13-33)63-44(69)17-7-4-10-25-66-45(70)22-23-46(66)71;3-1(4)2(5)6/h3,5-6,11-14,16,18-23,32,38-40,42,47,52,67,72,74,76,80H,4,7-10,15,17,24-31,61H2,1-2H3,(H,62,77)(H,63,69)(H,64,78)(H,65,79);1H,(H,5,6)/t32?,38?,39?,40-,42?,47?,52?,60-;/m0./s1. The van der Waals surface area contributed by atoms with Crippen molar-refractivity contribution in [2.45, 2.75) is 137 Å². The maximum absolute atomic E-state index is 14.1. The van der Waals surface area contributed by atoms with E-state index in [1.54, 1.807) is 24.3 Å². The molecule has 0 saturated carbocycles. The third kappa shape index (κ3) is 16.9. The zero-order chi connectivity index (χ0) is 65.6. The number of imide groups is 1. The van der Waals surface area contributed by atoms with Gasteiger partial charge in [0.1, 0.15) is 59.1 Å². The number of nitrogens with one attached hydrogen (secondary N) is 4. The predicted octanol–water partition coefficient (Wildman–Crippen LogP) is 1.56. The van der Waals surface area contributed by atoms with Crippen molar-refractivity contribution in [1.29, 1.82) is 0 Å². The number of halogens is 2. The van der Waals surface area contributed by atoms with Crippen molar-refractivity contribution >= 4 is 87.8 Å². The molecule has 0 bridgehead atoms. The van der Waals surface area contributed by atoms with Crippen LogP contribution < -0.4 is 36.8 Å². The van der Waals surface area contributed by atoms with E-state index in [4.69, 9.17) is 42.1 Å². The Morgan fingerprint density at radius 3 is 2.14 bits per heavy atom. The lowest BCUT2D eigenvalue weighted by Gasteiger charge is -2.42. The van der Waals surface area contributed by atoms with Crippen LogP contribution in [0.15, 0.2) is 84.9 Å². The first-order chi connectivity index (χ1) is 42.9. The average Bonchev–Trinajstić information content (AvgIpc) is 0.776. The first kappa shape index (κ1) is 69.1. The van der Waals surface area contributed by atoms with Gasteiger partial charge in [0.25, 0.3) is 11.8 Å². The van der Waals surface area contributed by atoms with E-state index in [1.165, 1.54) is 44.4 Å². The number of phenolic OH excluding ortho intramolecular Hbond substituents is 2. The van der Waals surface area contributed by atoms with Crippen molar-refractivity contribution in [2.24, 2.45) is 0 Å². The highest BCUT2D eigenvalue weighted by Gasteiger charge is 2.50. The number of rotatable bonds is 26. The summed E-state index contributed by atoms with van der Waals surface area (Å²) in [5, 5.41) is 76.8. The normalized spacial score (nSPS) is 20.5. The number of benzene rings is 4. The van der Waals surface area contributed by atoms with E-state index in [0.29, 0.717) is 49.9 Å². The molecule has 8 rings (SSSR count). The molecule has 6 unspecified atom stereocenters. The Kier molecular flexibility index (Phi) is 24.1. The summed E-state index contributed by atoms with van der Waals surface area (Å²) < 4.78 is 23.1. The second-order valence-corrected chi connectivity index (χ2v) is 22.9. The van der Waals surface area contributed by atoms with E-state index in [0.717, 1.165) is 10.5 Å². The number of phenols is 2. The van der Waals surface area contributed by atoms with Gasteiger partial charge >= 0.3 is 6.09 Å². The molecule has 1 saturated heterocycles. The van der Waals surface area contributed by atoms with Gasteiger partial charge in [-0.25, -0.2) is 4.79 Å². The summed E-state index contributed by atoms with van der Waals surface area (Å²) in [6, 6.07) is 16.5. The monoisotopic (exact) mass is 1290 g/mol. The Bertz CT molecular complexity index is 3370. The van der Waals surface area contributed by atoms with Crippen LogP contribution >= 0.6 is 23.2 Å². The quantitative estimate of drug-likeness (QED) is 0.0162. The number of Topliss-reactive ketones (excluding diaryl/α,β-unsaturated/α-hetero) is 1. The highest BCUT2D eigenvalue weighted by atomic mass is 35.5. The number of ketones is 3. The number of hydrogen-bond acceptors (Lipinski definition) is 20. The number of carbonyl (C=O) groups excluding carboxylic acids is 10. The van der Waals surface area contributed by atoms with Crippen molar-refractivity contribution < 1.29 is 103 Å². The van der Waals surface area contributed by atoms with E-state index in [9.17, 15) is 78.6 Å². The van der Waals surface area contributed by atoms with E-state index in [2.05, 4.69) is 27.0 Å². The van der Waals surface area contributed by atoms with Gasteiger partial charge in [-0.3, -0.25) is 43.3 Å². The Hall–Kier alpha value is -8.34. The molecule has 4 aromatic rings. The zero-order valence-corrected chi connectivity index (χ0v) is 50.6. The SMILES string of the molecule is COc1cccc2c1C(=O)c1c(O)c3c(c(O)c1C2=O)C[C@@](O)(C(=O)CO)CC3OC1CC(NC(=O)OCc2ccc(NC(=O)C(CCCC[NH3+])NC(=O)[C@H](Cc3ccccc3)NC(=O)CCCCCN3C(=O)C=CC3=O)cc2)C(O)C(C)O1.O=C([O-])C(Cl)Cl. The van der Waals surface area contributed by atoms with Crippen LogP contribution in [0.2, 0.25) is 0 Å². The molecule has 0 spiro atoms. The van der Waals surface area contributed by atoms with Gasteiger partial charge < -0.3 is 81.4 Å². The number of quaternary nitrogens is 1. The molecule has 8 atom stereocenters. The molecule has 4 aromatic carbocycles. The molecule has 28 heteroatoms. The van der Waals surface area contributed by atoms with Gasteiger partial charge in [0, 0.05) is 73.2 Å². The van der Waals surface area contributed by atoms with Gasteiger partial charge in [-0.05, 0) is 68.4 Å². The van der Waals surface area contributed by atoms with Crippen LogP contribution in [0.1, 0.15) is 125 Å². The number of ether oxygens (including phenoxy) is 4. The zero-order valence-electron chi connectivity index (χ0n) is 49.1. The van der Waals surface area contributed by atoms with Crippen LogP contribution in [0.3, 0.4) is 0 Å². The van der Waals surface area contributed by atoms with Crippen molar-refractivity contribution in [3.63, 3.8) is 0 Å². The molecule has 1 fully saturated rings. The number of methoxy groups -OCH3 is 1. The topological polar surface area (TPSA) is 411 Å². The molecule has 2 aliphatic carbocycles. The number of aliphatic hydroxyl groups excluding tert-OH is 2. The number of alkyl carbamates (subject to hydrolysis) is 1. The molecule has 0 aromatic heterocycles. The molecule has 90 heavy (non-hydrogen) atoms. The maximum atomic E-state index is 14.1. The number of aliphatic hydroxyl groups is 3. The minimum Gasteiger partial charge on any atom is -0.547 e. The minimum absolute atomic E-state index is 0.0272. The number of aromatic hydroxyl groups is 2. The number of alkyl halides is 2. The highest BCUT2D eigenvalue weighted by Crippen LogP contribution is 2.52. The number of carboxylic acids is 1. The summed E-state index contributed by atoms with van der Waals surface area (Å²) in [6.45, 7) is 0.923. The largest absolute Gasteiger partial charge is 0.547 e. The van der Waals surface area contributed by atoms with Gasteiger partial charge in [0.2, 0.25) is 23.5 Å². The Balaban J connectivity index is 0.00000183. The van der Waals surface area contributed by atoms with Crippen LogP contribution in [0.4, 0.5) is 10.5 Å². The van der Waals surface area contributed by atoms with E-state index in [-0.39, 0.29) is 84.6 Å². The molecule has 0 radical (unpaired) electrons. The number of aliphatic carboxylic acids is 1. The summed E-state index contributed by atoms with van der Waals surface area (Å²) in [7, 11) is 1.29. The van der Waals surface area contributed by atoms with E-state index < -0.39 is 136 Å². The summed E-state index contributed by atoms with van der Waals surface area (Å²) in [5.41, 5.74) is 1.13. The maximum Gasteiger partial charge on any atom is 0.407 e. The number of hydrogen-bond donors (Lipinski definition) is 10. The Morgan fingerprint density at radius 2 is 1.50 bits per heavy atom. The fraction of sp³-hybridized carbons (Fsp3) is 0.419.